The fourth-order valence-corrected chi connectivity index (χ4v) is 4.03. The molecule has 0 unspecified atom stereocenters. The highest BCUT2D eigenvalue weighted by molar-refractivity contribution is 7.11. The molecule has 0 amide bonds. The summed E-state index contributed by atoms with van der Waals surface area (Å²) in [6, 6.07) is 0. The molecular formula is C17H22S. The summed E-state index contributed by atoms with van der Waals surface area (Å²) < 4.78 is 1.51. The molecule has 1 aromatic rings. The molecule has 0 fully saturated rings. The van der Waals surface area contributed by atoms with Crippen LogP contribution in [0.25, 0.3) is 17.7 Å². The average molecular weight is 258 g/mol. The van der Waals surface area contributed by atoms with Gasteiger partial charge < -0.3 is 0 Å². The SMILES string of the molecule is C=C/C=C\c1sc2c(c1C)=CCCC=2C(C)(C)C. The van der Waals surface area contributed by atoms with Crippen molar-refractivity contribution < 1.29 is 0 Å². The first kappa shape index (κ1) is 13.4. The van der Waals surface area contributed by atoms with E-state index in [4.69, 9.17) is 0 Å². The number of hydrogen-bond donors (Lipinski definition) is 0. The summed E-state index contributed by atoms with van der Waals surface area (Å²) in [6.07, 6.45) is 10.8. The van der Waals surface area contributed by atoms with E-state index in [1.165, 1.54) is 33.0 Å². The van der Waals surface area contributed by atoms with Crippen LogP contribution in [0.15, 0.2) is 18.7 Å². The van der Waals surface area contributed by atoms with Crippen LogP contribution in [0.3, 0.4) is 0 Å². The van der Waals surface area contributed by atoms with Gasteiger partial charge in [0.1, 0.15) is 0 Å². The zero-order chi connectivity index (χ0) is 13.3. The molecule has 0 bridgehead atoms. The van der Waals surface area contributed by atoms with Gasteiger partial charge >= 0.3 is 0 Å². The number of hydrogen-bond acceptors (Lipinski definition) is 1. The summed E-state index contributed by atoms with van der Waals surface area (Å²) >= 11 is 1.93. The Bertz CT molecular complexity index is 603. The quantitative estimate of drug-likeness (QED) is 0.703. The Hall–Kier alpha value is -1.08. The largest absolute Gasteiger partial charge is 0.136 e. The van der Waals surface area contributed by atoms with Crippen molar-refractivity contribution in [1.82, 2.24) is 0 Å². The third-order valence-corrected chi connectivity index (χ3v) is 4.87. The molecule has 1 aromatic heterocycles. The molecule has 96 valence electrons. The lowest BCUT2D eigenvalue weighted by atomic mass is 9.82. The average Bonchev–Trinajstić information content (AvgIpc) is 2.62. The number of fused-ring (bicyclic) bond motifs is 1. The standard InChI is InChI=1S/C17H22S/c1-6-7-11-15-12(2)13-9-8-10-14(16(13)18-15)17(3,4)5/h6-7,9,11H,1,8,10H2,2-5H3/b11-7-. The number of rotatable bonds is 2. The van der Waals surface area contributed by atoms with Gasteiger partial charge in [0.25, 0.3) is 0 Å². The Kier molecular flexibility index (Phi) is 3.63. The maximum atomic E-state index is 3.75. The topological polar surface area (TPSA) is 0 Å². The monoisotopic (exact) mass is 258 g/mol. The fraction of sp³-hybridized carbons (Fsp3) is 0.412. The molecule has 1 aliphatic carbocycles. The van der Waals surface area contributed by atoms with Crippen LogP contribution in [0.2, 0.25) is 0 Å². The normalized spacial score (nSPS) is 15.7. The minimum Gasteiger partial charge on any atom is -0.136 e. The van der Waals surface area contributed by atoms with Crippen molar-refractivity contribution in [1.29, 1.82) is 0 Å². The van der Waals surface area contributed by atoms with E-state index >= 15 is 0 Å². The lowest BCUT2D eigenvalue weighted by Crippen LogP contribution is -2.30. The van der Waals surface area contributed by atoms with Crippen molar-refractivity contribution in [3.63, 3.8) is 0 Å². The van der Waals surface area contributed by atoms with E-state index in [0.717, 1.165) is 0 Å². The maximum absolute atomic E-state index is 3.75. The Morgan fingerprint density at radius 3 is 2.67 bits per heavy atom. The summed E-state index contributed by atoms with van der Waals surface area (Å²) in [7, 11) is 0. The van der Waals surface area contributed by atoms with Crippen molar-refractivity contribution in [2.24, 2.45) is 5.41 Å². The lowest BCUT2D eigenvalue weighted by molar-refractivity contribution is 0.544. The Morgan fingerprint density at radius 1 is 1.33 bits per heavy atom. The summed E-state index contributed by atoms with van der Waals surface area (Å²) in [5.74, 6) is 0. The smallest absolute Gasteiger partial charge is 0.0346 e. The van der Waals surface area contributed by atoms with Gasteiger partial charge in [-0.15, -0.1) is 11.3 Å². The van der Waals surface area contributed by atoms with Crippen LogP contribution in [0, 0.1) is 12.3 Å². The van der Waals surface area contributed by atoms with Gasteiger partial charge in [0, 0.05) is 9.41 Å². The highest BCUT2D eigenvalue weighted by Crippen LogP contribution is 2.31. The number of allylic oxidation sites excluding steroid dienone is 2. The van der Waals surface area contributed by atoms with Gasteiger partial charge in [-0.2, -0.15) is 0 Å². The molecule has 1 aliphatic rings. The van der Waals surface area contributed by atoms with Gasteiger partial charge in [0.15, 0.2) is 0 Å². The third kappa shape index (κ3) is 2.37. The Labute approximate surface area is 114 Å². The molecular weight excluding hydrogens is 236 g/mol. The molecule has 2 rings (SSSR count). The highest BCUT2D eigenvalue weighted by atomic mass is 32.1. The van der Waals surface area contributed by atoms with Crippen LogP contribution in [0.5, 0.6) is 0 Å². The first-order chi connectivity index (χ1) is 8.45. The van der Waals surface area contributed by atoms with E-state index in [2.05, 4.69) is 46.4 Å². The second-order valence-electron chi connectivity index (χ2n) is 5.90. The van der Waals surface area contributed by atoms with Crippen LogP contribution >= 0.6 is 11.3 Å². The molecule has 0 radical (unpaired) electrons. The van der Waals surface area contributed by atoms with E-state index in [1.54, 1.807) is 5.57 Å². The summed E-state index contributed by atoms with van der Waals surface area (Å²) in [4.78, 5) is 1.37. The molecule has 0 saturated heterocycles. The van der Waals surface area contributed by atoms with Crippen LogP contribution in [0.1, 0.15) is 44.1 Å². The van der Waals surface area contributed by atoms with Crippen molar-refractivity contribution in [3.05, 3.63) is 38.9 Å². The minimum atomic E-state index is 0.278. The fourth-order valence-electron chi connectivity index (χ4n) is 2.52. The van der Waals surface area contributed by atoms with Crippen molar-refractivity contribution in [2.45, 2.75) is 40.5 Å². The van der Waals surface area contributed by atoms with Crippen LogP contribution in [-0.4, -0.2) is 0 Å². The Morgan fingerprint density at radius 2 is 2.06 bits per heavy atom. The van der Waals surface area contributed by atoms with Crippen LogP contribution in [0.4, 0.5) is 0 Å². The first-order valence-corrected chi connectivity index (χ1v) is 7.39. The van der Waals surface area contributed by atoms with Crippen LogP contribution < -0.4 is 9.75 Å². The molecule has 18 heavy (non-hydrogen) atoms. The molecule has 0 N–H and O–H groups in total. The maximum Gasteiger partial charge on any atom is 0.0346 e. The molecule has 0 atom stereocenters. The van der Waals surface area contributed by atoms with Gasteiger partial charge in [0.2, 0.25) is 0 Å². The lowest BCUT2D eigenvalue weighted by Gasteiger charge is -2.24. The van der Waals surface area contributed by atoms with E-state index in [-0.39, 0.29) is 5.41 Å². The van der Waals surface area contributed by atoms with E-state index in [1.807, 2.05) is 23.5 Å². The summed E-state index contributed by atoms with van der Waals surface area (Å²) in [5.41, 5.74) is 3.32. The second-order valence-corrected chi connectivity index (χ2v) is 6.95. The first-order valence-electron chi connectivity index (χ1n) is 6.57. The van der Waals surface area contributed by atoms with Crippen molar-refractivity contribution in [2.75, 3.05) is 0 Å². The molecule has 1 heterocycles. The second kappa shape index (κ2) is 4.89. The molecule has 0 saturated carbocycles. The van der Waals surface area contributed by atoms with E-state index < -0.39 is 0 Å². The molecule has 0 spiro atoms. The van der Waals surface area contributed by atoms with E-state index in [9.17, 15) is 0 Å². The van der Waals surface area contributed by atoms with Crippen molar-refractivity contribution in [3.8, 4) is 0 Å². The zero-order valence-corrected chi connectivity index (χ0v) is 12.7. The number of thiophene rings is 1. The zero-order valence-electron chi connectivity index (χ0n) is 11.8. The van der Waals surface area contributed by atoms with Gasteiger partial charge in [-0.05, 0) is 47.6 Å². The summed E-state index contributed by atoms with van der Waals surface area (Å²) in [5, 5.41) is 1.47. The molecule has 0 nitrogen and oxygen atoms in total. The van der Waals surface area contributed by atoms with Crippen LogP contribution in [-0.2, 0) is 0 Å². The minimum absolute atomic E-state index is 0.278. The third-order valence-electron chi connectivity index (χ3n) is 3.54. The molecule has 0 aliphatic heterocycles. The van der Waals surface area contributed by atoms with E-state index in [0.29, 0.717) is 0 Å². The summed E-state index contributed by atoms with van der Waals surface area (Å²) in [6.45, 7) is 13.0. The van der Waals surface area contributed by atoms with Gasteiger partial charge in [-0.25, -0.2) is 0 Å². The van der Waals surface area contributed by atoms with Gasteiger partial charge in [0.05, 0.1) is 0 Å². The molecule has 0 aromatic carbocycles. The molecule has 1 heteroatoms. The van der Waals surface area contributed by atoms with Crippen molar-refractivity contribution >= 4 is 29.1 Å². The Balaban J connectivity index is 2.74. The highest BCUT2D eigenvalue weighted by Gasteiger charge is 2.21. The predicted molar refractivity (Wildman–Crippen MR) is 84.1 cm³/mol. The van der Waals surface area contributed by atoms with Gasteiger partial charge in [-0.3, -0.25) is 0 Å². The predicted octanol–water partition coefficient (Wildman–Crippen LogP) is 4.03. The van der Waals surface area contributed by atoms with Gasteiger partial charge in [-0.1, -0.05) is 45.6 Å².